The Morgan fingerprint density at radius 2 is 1.69 bits per heavy atom. The van der Waals surface area contributed by atoms with E-state index in [9.17, 15) is 5.11 Å². The van der Waals surface area contributed by atoms with Gasteiger partial charge in [-0.2, -0.15) is 0 Å². The van der Waals surface area contributed by atoms with Gasteiger partial charge in [-0.3, -0.25) is 0 Å². The lowest BCUT2D eigenvalue weighted by Crippen LogP contribution is -1.99. The number of aromatic hydroxyl groups is 1. The number of methoxy groups -OCH3 is 3. The molecule has 0 bridgehead atoms. The molecular formula is C12H16O4. The SMILES string of the molecule is C=CC(OC)c1cc(OC)c(O)c(OC)c1. The van der Waals surface area contributed by atoms with Crippen LogP contribution < -0.4 is 9.47 Å². The van der Waals surface area contributed by atoms with E-state index in [2.05, 4.69) is 6.58 Å². The first-order valence-electron chi connectivity index (χ1n) is 4.78. The Morgan fingerprint density at radius 3 is 2.00 bits per heavy atom. The van der Waals surface area contributed by atoms with E-state index in [1.54, 1.807) is 25.3 Å². The number of benzene rings is 1. The number of hydrogen-bond acceptors (Lipinski definition) is 4. The molecule has 0 amide bonds. The highest BCUT2D eigenvalue weighted by Gasteiger charge is 2.15. The zero-order chi connectivity index (χ0) is 12.1. The fourth-order valence-corrected chi connectivity index (χ4v) is 1.45. The number of rotatable bonds is 5. The van der Waals surface area contributed by atoms with E-state index in [1.165, 1.54) is 14.2 Å². The van der Waals surface area contributed by atoms with Gasteiger partial charge >= 0.3 is 0 Å². The van der Waals surface area contributed by atoms with Gasteiger partial charge in [-0.25, -0.2) is 0 Å². The van der Waals surface area contributed by atoms with Crippen molar-refractivity contribution < 1.29 is 19.3 Å². The fourth-order valence-electron chi connectivity index (χ4n) is 1.45. The highest BCUT2D eigenvalue weighted by molar-refractivity contribution is 5.53. The van der Waals surface area contributed by atoms with Gasteiger partial charge in [0.2, 0.25) is 5.75 Å². The second-order valence-electron chi connectivity index (χ2n) is 3.17. The summed E-state index contributed by atoms with van der Waals surface area (Å²) in [4.78, 5) is 0. The van der Waals surface area contributed by atoms with Crippen molar-refractivity contribution in [3.05, 3.63) is 30.4 Å². The lowest BCUT2D eigenvalue weighted by molar-refractivity contribution is 0.142. The van der Waals surface area contributed by atoms with Crippen LogP contribution in [0.2, 0.25) is 0 Å². The molecule has 0 saturated carbocycles. The zero-order valence-corrected chi connectivity index (χ0v) is 9.69. The van der Waals surface area contributed by atoms with E-state index in [-0.39, 0.29) is 11.9 Å². The second-order valence-corrected chi connectivity index (χ2v) is 3.17. The van der Waals surface area contributed by atoms with Crippen LogP contribution in [0.4, 0.5) is 0 Å². The average molecular weight is 224 g/mol. The predicted octanol–water partition coefficient (Wildman–Crippen LogP) is 2.28. The van der Waals surface area contributed by atoms with Gasteiger partial charge in [0.15, 0.2) is 11.5 Å². The number of phenolic OH excluding ortho intramolecular Hbond substituents is 1. The molecule has 4 heteroatoms. The van der Waals surface area contributed by atoms with Crippen molar-refractivity contribution >= 4 is 0 Å². The molecule has 4 nitrogen and oxygen atoms in total. The van der Waals surface area contributed by atoms with Crippen LogP contribution in [0.3, 0.4) is 0 Å². The largest absolute Gasteiger partial charge is 0.502 e. The minimum atomic E-state index is -0.261. The van der Waals surface area contributed by atoms with Crippen molar-refractivity contribution in [1.29, 1.82) is 0 Å². The van der Waals surface area contributed by atoms with Crippen LogP contribution in [0.25, 0.3) is 0 Å². The third-order valence-corrected chi connectivity index (χ3v) is 2.30. The Morgan fingerprint density at radius 1 is 1.19 bits per heavy atom. The molecular weight excluding hydrogens is 208 g/mol. The summed E-state index contributed by atoms with van der Waals surface area (Å²) in [7, 11) is 4.54. The Labute approximate surface area is 95.1 Å². The normalized spacial score (nSPS) is 11.9. The van der Waals surface area contributed by atoms with Gasteiger partial charge in [0.25, 0.3) is 0 Å². The highest BCUT2D eigenvalue weighted by atomic mass is 16.5. The minimum Gasteiger partial charge on any atom is -0.502 e. The third kappa shape index (κ3) is 2.28. The van der Waals surface area contributed by atoms with Gasteiger partial charge in [0, 0.05) is 7.11 Å². The number of ether oxygens (including phenoxy) is 3. The maximum Gasteiger partial charge on any atom is 0.200 e. The fraction of sp³-hybridized carbons (Fsp3) is 0.333. The molecule has 0 saturated heterocycles. The van der Waals surface area contributed by atoms with E-state index in [0.29, 0.717) is 11.5 Å². The molecule has 1 N–H and O–H groups in total. The summed E-state index contributed by atoms with van der Waals surface area (Å²) in [5, 5.41) is 9.72. The maximum absolute atomic E-state index is 9.72. The molecule has 1 unspecified atom stereocenters. The topological polar surface area (TPSA) is 47.9 Å². The summed E-state index contributed by atoms with van der Waals surface area (Å²) in [6.07, 6.45) is 1.40. The first kappa shape index (κ1) is 12.4. The monoisotopic (exact) mass is 224 g/mol. The molecule has 16 heavy (non-hydrogen) atoms. The minimum absolute atomic E-state index is 0.0207. The van der Waals surface area contributed by atoms with Crippen LogP contribution in [-0.4, -0.2) is 26.4 Å². The van der Waals surface area contributed by atoms with E-state index in [1.807, 2.05) is 0 Å². The highest BCUT2D eigenvalue weighted by Crippen LogP contribution is 2.39. The molecule has 1 aromatic carbocycles. The summed E-state index contributed by atoms with van der Waals surface area (Å²) in [5.41, 5.74) is 0.809. The number of hydrogen-bond donors (Lipinski definition) is 1. The zero-order valence-electron chi connectivity index (χ0n) is 9.69. The lowest BCUT2D eigenvalue weighted by atomic mass is 10.1. The van der Waals surface area contributed by atoms with Crippen LogP contribution in [0.1, 0.15) is 11.7 Å². The Hall–Kier alpha value is -1.68. The summed E-state index contributed by atoms with van der Waals surface area (Å²) in [6, 6.07) is 3.38. The van der Waals surface area contributed by atoms with Crippen molar-refractivity contribution in [3.63, 3.8) is 0 Å². The summed E-state index contributed by atoms with van der Waals surface area (Å²) in [6.45, 7) is 3.67. The van der Waals surface area contributed by atoms with Crippen molar-refractivity contribution in [1.82, 2.24) is 0 Å². The van der Waals surface area contributed by atoms with Gasteiger partial charge in [0.1, 0.15) is 6.10 Å². The van der Waals surface area contributed by atoms with Gasteiger partial charge in [0.05, 0.1) is 14.2 Å². The van der Waals surface area contributed by atoms with Crippen LogP contribution >= 0.6 is 0 Å². The molecule has 0 fully saturated rings. The van der Waals surface area contributed by atoms with E-state index < -0.39 is 0 Å². The molecule has 0 aliphatic carbocycles. The third-order valence-electron chi connectivity index (χ3n) is 2.30. The number of phenols is 1. The molecule has 1 atom stereocenters. The Balaban J connectivity index is 3.25. The molecule has 0 radical (unpaired) electrons. The second kappa shape index (κ2) is 5.42. The maximum atomic E-state index is 9.72. The molecule has 0 spiro atoms. The molecule has 0 aromatic heterocycles. The standard InChI is InChI=1S/C12H16O4/c1-5-9(14-2)8-6-10(15-3)12(13)11(7-8)16-4/h5-7,9,13H,1H2,2-4H3. The van der Waals surface area contributed by atoms with Crippen molar-refractivity contribution in [2.45, 2.75) is 6.10 Å². The lowest BCUT2D eigenvalue weighted by Gasteiger charge is -2.15. The van der Waals surface area contributed by atoms with Crippen molar-refractivity contribution in [2.75, 3.05) is 21.3 Å². The van der Waals surface area contributed by atoms with Crippen molar-refractivity contribution in [3.8, 4) is 17.2 Å². The van der Waals surface area contributed by atoms with Gasteiger partial charge in [-0.1, -0.05) is 6.08 Å². The smallest absolute Gasteiger partial charge is 0.200 e. The van der Waals surface area contributed by atoms with E-state index >= 15 is 0 Å². The molecule has 0 aliphatic rings. The summed E-state index contributed by atoms with van der Waals surface area (Å²) < 4.78 is 15.3. The van der Waals surface area contributed by atoms with Crippen molar-refractivity contribution in [2.24, 2.45) is 0 Å². The Kier molecular flexibility index (Phi) is 4.19. The Bertz CT molecular complexity index is 348. The average Bonchev–Trinajstić information content (AvgIpc) is 2.32. The van der Waals surface area contributed by atoms with Crippen LogP contribution in [-0.2, 0) is 4.74 Å². The summed E-state index contributed by atoms with van der Waals surface area (Å²) >= 11 is 0. The van der Waals surface area contributed by atoms with E-state index in [4.69, 9.17) is 14.2 Å². The van der Waals surface area contributed by atoms with Gasteiger partial charge in [-0.05, 0) is 17.7 Å². The van der Waals surface area contributed by atoms with Crippen LogP contribution in [0.5, 0.6) is 17.2 Å². The first-order chi connectivity index (χ1) is 7.67. The molecule has 0 heterocycles. The molecule has 88 valence electrons. The van der Waals surface area contributed by atoms with Crippen LogP contribution in [0.15, 0.2) is 24.8 Å². The van der Waals surface area contributed by atoms with Gasteiger partial charge < -0.3 is 19.3 Å². The quantitative estimate of drug-likeness (QED) is 0.779. The van der Waals surface area contributed by atoms with E-state index in [0.717, 1.165) is 5.56 Å². The first-order valence-corrected chi connectivity index (χ1v) is 4.78. The van der Waals surface area contributed by atoms with Gasteiger partial charge in [-0.15, -0.1) is 6.58 Å². The molecule has 1 aromatic rings. The summed E-state index contributed by atoms with van der Waals surface area (Å²) in [5.74, 6) is 0.671. The van der Waals surface area contributed by atoms with Crippen LogP contribution in [0, 0.1) is 0 Å². The molecule has 0 aliphatic heterocycles. The molecule has 1 rings (SSSR count). The predicted molar refractivity (Wildman–Crippen MR) is 61.2 cm³/mol.